The Hall–Kier alpha value is -2.67. The number of hydrogen-bond donors (Lipinski definition) is 1. The fraction of sp³-hybridized carbons (Fsp3) is 0.421. The lowest BCUT2D eigenvalue weighted by atomic mass is 10.1. The second-order valence-electron chi connectivity index (χ2n) is 6.53. The molecule has 7 heteroatoms. The van der Waals surface area contributed by atoms with Crippen LogP contribution >= 0.6 is 0 Å². The quantitative estimate of drug-likeness (QED) is 0.881. The van der Waals surface area contributed by atoms with Crippen LogP contribution in [0.1, 0.15) is 22.5 Å². The first kappa shape index (κ1) is 18.1. The molecule has 7 nitrogen and oxygen atoms in total. The van der Waals surface area contributed by atoms with Crippen molar-refractivity contribution in [1.29, 1.82) is 0 Å². The van der Waals surface area contributed by atoms with Gasteiger partial charge in [0.15, 0.2) is 0 Å². The van der Waals surface area contributed by atoms with Crippen molar-refractivity contribution in [3.63, 3.8) is 0 Å². The van der Waals surface area contributed by atoms with Crippen LogP contribution in [0.5, 0.6) is 5.75 Å². The third-order valence-corrected chi connectivity index (χ3v) is 4.25. The summed E-state index contributed by atoms with van der Waals surface area (Å²) in [4.78, 5) is 23.0. The molecular weight excluding hydrogens is 332 g/mol. The van der Waals surface area contributed by atoms with Gasteiger partial charge in [0.1, 0.15) is 17.7 Å². The number of pyridine rings is 2. The lowest BCUT2D eigenvalue weighted by Gasteiger charge is -2.32. The Morgan fingerprint density at radius 3 is 2.73 bits per heavy atom. The van der Waals surface area contributed by atoms with Gasteiger partial charge in [0.2, 0.25) is 0 Å². The highest BCUT2D eigenvalue weighted by atomic mass is 16.5. The molecule has 0 bridgehead atoms. The zero-order valence-electron chi connectivity index (χ0n) is 15.3. The molecule has 26 heavy (non-hydrogen) atoms. The molecule has 2 aromatic heterocycles. The molecule has 2 atom stereocenters. The number of carbonyl (C=O) groups is 1. The van der Waals surface area contributed by atoms with Gasteiger partial charge in [0.25, 0.3) is 5.91 Å². The van der Waals surface area contributed by atoms with Crippen molar-refractivity contribution in [2.75, 3.05) is 32.2 Å². The molecule has 3 heterocycles. The van der Waals surface area contributed by atoms with Crippen LogP contribution in [0.4, 0.5) is 5.82 Å². The van der Waals surface area contributed by atoms with Gasteiger partial charge in [-0.05, 0) is 31.2 Å². The molecule has 1 saturated heterocycles. The molecule has 138 valence electrons. The Morgan fingerprint density at radius 1 is 1.23 bits per heavy atom. The monoisotopic (exact) mass is 356 g/mol. The van der Waals surface area contributed by atoms with Crippen molar-refractivity contribution < 1.29 is 14.3 Å². The summed E-state index contributed by atoms with van der Waals surface area (Å²) in [6, 6.07) is 7.14. The minimum absolute atomic E-state index is 0.161. The number of nitrogens with one attached hydrogen (secondary N) is 1. The standard InChI is InChI=1S/C19H24N4O3/c1-13-4-6-15(11-20-13)26-17-8-9-25-12-16(17)22-19(24)14-5-7-18(21-10-14)23(2)3/h4-7,10-11,16-17H,8-9,12H2,1-3H3,(H,22,24)/t16-,17+/m1/s1. The lowest BCUT2D eigenvalue weighted by molar-refractivity contribution is -0.00301. The average molecular weight is 356 g/mol. The van der Waals surface area contributed by atoms with Crippen LogP contribution in [0.3, 0.4) is 0 Å². The summed E-state index contributed by atoms with van der Waals surface area (Å²) in [5, 5.41) is 3.00. The molecule has 0 aromatic carbocycles. The lowest BCUT2D eigenvalue weighted by Crippen LogP contribution is -2.51. The largest absolute Gasteiger partial charge is 0.486 e. The van der Waals surface area contributed by atoms with Crippen molar-refractivity contribution in [3.8, 4) is 5.75 Å². The maximum atomic E-state index is 12.5. The zero-order valence-corrected chi connectivity index (χ0v) is 15.3. The maximum absolute atomic E-state index is 12.5. The Labute approximate surface area is 153 Å². The van der Waals surface area contributed by atoms with E-state index in [0.717, 1.165) is 11.5 Å². The summed E-state index contributed by atoms with van der Waals surface area (Å²) < 4.78 is 11.6. The average Bonchev–Trinajstić information content (AvgIpc) is 2.65. The van der Waals surface area contributed by atoms with Gasteiger partial charge in [-0.3, -0.25) is 9.78 Å². The van der Waals surface area contributed by atoms with E-state index in [0.29, 0.717) is 30.9 Å². The normalized spacial score (nSPS) is 19.7. The fourth-order valence-electron chi connectivity index (χ4n) is 2.73. The summed E-state index contributed by atoms with van der Waals surface area (Å²) in [5.41, 5.74) is 1.44. The third kappa shape index (κ3) is 4.49. The smallest absolute Gasteiger partial charge is 0.253 e. The first-order valence-corrected chi connectivity index (χ1v) is 8.64. The van der Waals surface area contributed by atoms with E-state index in [1.54, 1.807) is 18.5 Å². The van der Waals surface area contributed by atoms with Gasteiger partial charge in [0, 0.05) is 32.4 Å². The topological polar surface area (TPSA) is 76.6 Å². The van der Waals surface area contributed by atoms with Gasteiger partial charge in [0.05, 0.1) is 31.0 Å². The summed E-state index contributed by atoms with van der Waals surface area (Å²) in [6.07, 6.45) is 3.82. The molecule has 0 spiro atoms. The summed E-state index contributed by atoms with van der Waals surface area (Å²) in [5.74, 6) is 1.31. The molecule has 1 fully saturated rings. The molecule has 1 aliphatic heterocycles. The van der Waals surface area contributed by atoms with Crippen molar-refractivity contribution in [1.82, 2.24) is 15.3 Å². The highest BCUT2D eigenvalue weighted by molar-refractivity contribution is 5.94. The number of nitrogens with zero attached hydrogens (tertiary/aromatic N) is 3. The van der Waals surface area contributed by atoms with Gasteiger partial charge in [-0.15, -0.1) is 0 Å². The van der Waals surface area contributed by atoms with Crippen LogP contribution in [-0.2, 0) is 4.74 Å². The summed E-state index contributed by atoms with van der Waals surface area (Å²) >= 11 is 0. The number of aryl methyl sites for hydroxylation is 1. The molecular formula is C19H24N4O3. The molecule has 0 unspecified atom stereocenters. The third-order valence-electron chi connectivity index (χ3n) is 4.25. The Morgan fingerprint density at radius 2 is 2.08 bits per heavy atom. The molecule has 1 N–H and O–H groups in total. The number of anilines is 1. The van der Waals surface area contributed by atoms with E-state index in [1.807, 2.05) is 44.1 Å². The molecule has 0 radical (unpaired) electrons. The predicted octanol–water partition coefficient (Wildman–Crippen LogP) is 1.82. The van der Waals surface area contributed by atoms with Crippen molar-refractivity contribution in [2.45, 2.75) is 25.5 Å². The van der Waals surface area contributed by atoms with Crippen LogP contribution in [-0.4, -0.2) is 55.3 Å². The fourth-order valence-corrected chi connectivity index (χ4v) is 2.73. The maximum Gasteiger partial charge on any atom is 0.253 e. The van der Waals surface area contributed by atoms with Crippen molar-refractivity contribution in [2.24, 2.45) is 0 Å². The number of rotatable bonds is 5. The highest BCUT2D eigenvalue weighted by Crippen LogP contribution is 2.18. The predicted molar refractivity (Wildman–Crippen MR) is 98.6 cm³/mol. The zero-order chi connectivity index (χ0) is 18.5. The van der Waals surface area contributed by atoms with Crippen LogP contribution in [0.25, 0.3) is 0 Å². The molecule has 0 aliphatic carbocycles. The van der Waals surface area contributed by atoms with E-state index in [-0.39, 0.29) is 18.1 Å². The minimum atomic E-state index is -0.230. The van der Waals surface area contributed by atoms with E-state index in [1.165, 1.54) is 0 Å². The van der Waals surface area contributed by atoms with Crippen molar-refractivity contribution >= 4 is 11.7 Å². The second-order valence-corrected chi connectivity index (χ2v) is 6.53. The van der Waals surface area contributed by atoms with E-state index < -0.39 is 0 Å². The number of carbonyl (C=O) groups excluding carboxylic acids is 1. The SMILES string of the molecule is Cc1ccc(O[C@H]2CCOC[C@H]2NC(=O)c2ccc(N(C)C)nc2)cn1. The van der Waals surface area contributed by atoms with Crippen LogP contribution < -0.4 is 15.0 Å². The number of ether oxygens (including phenoxy) is 2. The number of hydrogen-bond acceptors (Lipinski definition) is 6. The first-order chi connectivity index (χ1) is 12.5. The van der Waals surface area contributed by atoms with E-state index >= 15 is 0 Å². The van der Waals surface area contributed by atoms with Crippen LogP contribution in [0.2, 0.25) is 0 Å². The molecule has 1 amide bonds. The number of amides is 1. The number of aromatic nitrogens is 2. The molecule has 0 saturated carbocycles. The van der Waals surface area contributed by atoms with E-state index in [4.69, 9.17) is 9.47 Å². The van der Waals surface area contributed by atoms with E-state index in [2.05, 4.69) is 15.3 Å². The Balaban J connectivity index is 1.65. The minimum Gasteiger partial charge on any atom is -0.486 e. The molecule has 1 aliphatic rings. The summed E-state index contributed by atoms with van der Waals surface area (Å²) in [7, 11) is 3.81. The summed E-state index contributed by atoms with van der Waals surface area (Å²) in [6.45, 7) is 2.95. The Bertz CT molecular complexity index is 731. The van der Waals surface area contributed by atoms with Gasteiger partial charge in [-0.2, -0.15) is 0 Å². The van der Waals surface area contributed by atoms with Crippen LogP contribution in [0, 0.1) is 6.92 Å². The van der Waals surface area contributed by atoms with Gasteiger partial charge >= 0.3 is 0 Å². The second kappa shape index (κ2) is 8.14. The van der Waals surface area contributed by atoms with E-state index in [9.17, 15) is 4.79 Å². The molecule has 2 aromatic rings. The van der Waals surface area contributed by atoms with Gasteiger partial charge in [-0.1, -0.05) is 0 Å². The Kier molecular flexibility index (Phi) is 5.68. The van der Waals surface area contributed by atoms with Crippen molar-refractivity contribution in [3.05, 3.63) is 47.9 Å². The van der Waals surface area contributed by atoms with Crippen LogP contribution in [0.15, 0.2) is 36.7 Å². The van der Waals surface area contributed by atoms with Gasteiger partial charge in [-0.25, -0.2) is 4.98 Å². The molecule has 3 rings (SSSR count). The van der Waals surface area contributed by atoms with Gasteiger partial charge < -0.3 is 19.7 Å². The highest BCUT2D eigenvalue weighted by Gasteiger charge is 2.29. The first-order valence-electron chi connectivity index (χ1n) is 8.64.